The van der Waals surface area contributed by atoms with Crippen molar-refractivity contribution in [3.05, 3.63) is 24.0 Å². The fraction of sp³-hybridized carbons (Fsp3) is 0.417. The summed E-state index contributed by atoms with van der Waals surface area (Å²) >= 11 is 0. The average Bonchev–Trinajstić information content (AvgIpc) is 2.71. The number of hydrogen-bond donors (Lipinski definition) is 3. The van der Waals surface area contributed by atoms with E-state index in [1.807, 2.05) is 18.9 Å². The Morgan fingerprint density at radius 2 is 2.24 bits per heavy atom. The van der Waals surface area contributed by atoms with Crippen LogP contribution in [0.3, 0.4) is 0 Å². The van der Waals surface area contributed by atoms with E-state index in [0.29, 0.717) is 6.54 Å². The predicted molar refractivity (Wildman–Crippen MR) is 65.9 cm³/mol. The lowest BCUT2D eigenvalue weighted by Crippen LogP contribution is -2.26. The number of likely N-dealkylation sites (N-methyl/N-ethyl adjacent to an activating group) is 1. The molecule has 17 heavy (non-hydrogen) atoms. The molecule has 0 saturated heterocycles. The molecule has 0 fully saturated rings. The summed E-state index contributed by atoms with van der Waals surface area (Å²) in [6, 6.07) is 5.15. The number of aromatic amines is 1. The smallest absolute Gasteiger partial charge is 0.124 e. The van der Waals surface area contributed by atoms with Gasteiger partial charge in [-0.25, -0.2) is 4.98 Å². The van der Waals surface area contributed by atoms with Crippen LogP contribution < -0.4 is 0 Å². The zero-order valence-electron chi connectivity index (χ0n) is 10.0. The predicted octanol–water partition coefficient (Wildman–Crippen LogP) is 1.25. The highest BCUT2D eigenvalue weighted by molar-refractivity contribution is 5.76. The number of aliphatic hydroxyl groups excluding tert-OH is 1. The monoisotopic (exact) mass is 235 g/mol. The summed E-state index contributed by atoms with van der Waals surface area (Å²) in [5, 5.41) is 18.3. The topological polar surface area (TPSA) is 72.4 Å². The van der Waals surface area contributed by atoms with Crippen molar-refractivity contribution in [1.82, 2.24) is 14.9 Å². The van der Waals surface area contributed by atoms with E-state index < -0.39 is 0 Å². The van der Waals surface area contributed by atoms with Crippen LogP contribution in [-0.2, 0) is 0 Å². The second-order valence-corrected chi connectivity index (χ2v) is 4.20. The number of H-pyrrole nitrogens is 1. The number of hydrogen-bond acceptors (Lipinski definition) is 4. The molecule has 1 aromatic heterocycles. The number of rotatable bonds is 4. The van der Waals surface area contributed by atoms with Crippen LogP contribution in [0, 0.1) is 0 Å². The third kappa shape index (κ3) is 2.40. The van der Waals surface area contributed by atoms with Crippen molar-refractivity contribution in [2.45, 2.75) is 13.0 Å². The van der Waals surface area contributed by atoms with Gasteiger partial charge in [-0.2, -0.15) is 0 Å². The number of nitrogens with zero attached hydrogens (tertiary/aromatic N) is 2. The Labute approximate surface area is 99.7 Å². The molecule has 0 aliphatic rings. The maximum absolute atomic E-state index is 9.38. The van der Waals surface area contributed by atoms with Crippen LogP contribution in [0.4, 0.5) is 0 Å². The van der Waals surface area contributed by atoms with Gasteiger partial charge in [0, 0.05) is 12.6 Å². The lowest BCUT2D eigenvalue weighted by Gasteiger charge is -2.21. The van der Waals surface area contributed by atoms with Crippen molar-refractivity contribution in [3.63, 3.8) is 0 Å². The molecule has 0 amide bonds. The molecule has 1 atom stereocenters. The lowest BCUT2D eigenvalue weighted by molar-refractivity contribution is 0.185. The Morgan fingerprint density at radius 3 is 2.94 bits per heavy atom. The minimum Gasteiger partial charge on any atom is -0.508 e. The van der Waals surface area contributed by atoms with Crippen LogP contribution in [-0.4, -0.2) is 45.3 Å². The number of benzene rings is 1. The first-order valence-electron chi connectivity index (χ1n) is 5.61. The maximum atomic E-state index is 9.38. The summed E-state index contributed by atoms with van der Waals surface area (Å²) in [4.78, 5) is 9.66. The highest BCUT2D eigenvalue weighted by Crippen LogP contribution is 2.22. The minimum atomic E-state index is 0.0942. The van der Waals surface area contributed by atoms with Crippen molar-refractivity contribution < 1.29 is 10.2 Å². The molecule has 5 heteroatoms. The molecule has 0 saturated carbocycles. The minimum absolute atomic E-state index is 0.0942. The van der Waals surface area contributed by atoms with Crippen LogP contribution >= 0.6 is 0 Å². The molecule has 1 aromatic carbocycles. The lowest BCUT2D eigenvalue weighted by atomic mass is 10.3. The van der Waals surface area contributed by atoms with Crippen molar-refractivity contribution in [2.24, 2.45) is 0 Å². The van der Waals surface area contributed by atoms with Gasteiger partial charge in [0.2, 0.25) is 0 Å². The number of aliphatic hydroxyl groups is 1. The summed E-state index contributed by atoms with van der Waals surface area (Å²) in [7, 11) is 1.94. The first kappa shape index (κ1) is 11.9. The SMILES string of the molecule is CC(c1nc2ccc(O)cc2[nH]1)N(C)CCO. The highest BCUT2D eigenvalue weighted by atomic mass is 16.3. The van der Waals surface area contributed by atoms with Crippen molar-refractivity contribution >= 4 is 11.0 Å². The standard InChI is InChI=1S/C12H17N3O2/c1-8(15(2)5-6-16)12-13-10-4-3-9(17)7-11(10)14-12/h3-4,7-8,16-17H,5-6H2,1-2H3,(H,13,14). The average molecular weight is 235 g/mol. The van der Waals surface area contributed by atoms with E-state index in [2.05, 4.69) is 9.97 Å². The fourth-order valence-corrected chi connectivity index (χ4v) is 1.78. The van der Waals surface area contributed by atoms with Crippen molar-refractivity contribution in [1.29, 1.82) is 0 Å². The Kier molecular flexibility index (Phi) is 3.31. The Balaban J connectivity index is 2.29. The summed E-state index contributed by atoms with van der Waals surface area (Å²) in [5.41, 5.74) is 1.66. The fourth-order valence-electron chi connectivity index (χ4n) is 1.78. The molecule has 0 spiro atoms. The summed E-state index contributed by atoms with van der Waals surface area (Å²) in [6.07, 6.45) is 0. The number of imidazole rings is 1. The third-order valence-corrected chi connectivity index (χ3v) is 2.99. The van der Waals surface area contributed by atoms with E-state index in [-0.39, 0.29) is 18.4 Å². The Morgan fingerprint density at radius 1 is 1.47 bits per heavy atom. The zero-order valence-corrected chi connectivity index (χ0v) is 10.0. The van der Waals surface area contributed by atoms with Gasteiger partial charge in [-0.3, -0.25) is 4.90 Å². The van der Waals surface area contributed by atoms with Gasteiger partial charge < -0.3 is 15.2 Å². The second kappa shape index (κ2) is 4.73. The first-order chi connectivity index (χ1) is 8.11. The van der Waals surface area contributed by atoms with E-state index in [4.69, 9.17) is 5.11 Å². The molecular weight excluding hydrogens is 218 g/mol. The molecular formula is C12H17N3O2. The van der Waals surface area contributed by atoms with Gasteiger partial charge >= 0.3 is 0 Å². The zero-order chi connectivity index (χ0) is 12.4. The highest BCUT2D eigenvalue weighted by Gasteiger charge is 2.15. The Hall–Kier alpha value is -1.59. The molecule has 3 N–H and O–H groups in total. The summed E-state index contributed by atoms with van der Waals surface area (Å²) in [6.45, 7) is 2.75. The van der Waals surface area contributed by atoms with Gasteiger partial charge in [0.15, 0.2) is 0 Å². The normalized spacial score (nSPS) is 13.4. The van der Waals surface area contributed by atoms with Gasteiger partial charge in [0.1, 0.15) is 11.6 Å². The molecule has 0 aliphatic carbocycles. The molecule has 0 radical (unpaired) electrons. The number of phenols is 1. The van der Waals surface area contributed by atoms with Crippen LogP contribution in [0.2, 0.25) is 0 Å². The van der Waals surface area contributed by atoms with Crippen LogP contribution in [0.15, 0.2) is 18.2 Å². The molecule has 1 heterocycles. The largest absolute Gasteiger partial charge is 0.508 e. The van der Waals surface area contributed by atoms with Gasteiger partial charge in [0.05, 0.1) is 23.7 Å². The number of aromatic nitrogens is 2. The van der Waals surface area contributed by atoms with Crippen molar-refractivity contribution in [3.8, 4) is 5.75 Å². The van der Waals surface area contributed by atoms with Crippen LogP contribution in [0.5, 0.6) is 5.75 Å². The number of fused-ring (bicyclic) bond motifs is 1. The maximum Gasteiger partial charge on any atom is 0.124 e. The number of aromatic hydroxyl groups is 1. The van der Waals surface area contributed by atoms with E-state index >= 15 is 0 Å². The Bertz CT molecular complexity index is 509. The molecule has 2 rings (SSSR count). The number of phenolic OH excluding ortho intramolecular Hbond substituents is 1. The quantitative estimate of drug-likeness (QED) is 0.746. The molecule has 5 nitrogen and oxygen atoms in total. The molecule has 1 unspecified atom stereocenters. The second-order valence-electron chi connectivity index (χ2n) is 4.20. The van der Waals surface area contributed by atoms with E-state index in [1.54, 1.807) is 18.2 Å². The molecule has 2 aromatic rings. The molecule has 0 aliphatic heterocycles. The first-order valence-corrected chi connectivity index (χ1v) is 5.61. The van der Waals surface area contributed by atoms with Gasteiger partial charge in [-0.15, -0.1) is 0 Å². The summed E-state index contributed by atoms with van der Waals surface area (Å²) in [5.74, 6) is 1.06. The van der Waals surface area contributed by atoms with Gasteiger partial charge in [-0.05, 0) is 26.1 Å². The van der Waals surface area contributed by atoms with E-state index in [0.717, 1.165) is 16.9 Å². The summed E-state index contributed by atoms with van der Waals surface area (Å²) < 4.78 is 0. The van der Waals surface area contributed by atoms with Crippen LogP contribution in [0.1, 0.15) is 18.8 Å². The van der Waals surface area contributed by atoms with Gasteiger partial charge in [-0.1, -0.05) is 0 Å². The molecule has 92 valence electrons. The van der Waals surface area contributed by atoms with Gasteiger partial charge in [0.25, 0.3) is 0 Å². The van der Waals surface area contributed by atoms with E-state index in [9.17, 15) is 5.11 Å². The number of nitrogens with one attached hydrogen (secondary N) is 1. The third-order valence-electron chi connectivity index (χ3n) is 2.99. The molecule has 0 bridgehead atoms. The van der Waals surface area contributed by atoms with E-state index in [1.165, 1.54) is 0 Å². The van der Waals surface area contributed by atoms with Crippen LogP contribution in [0.25, 0.3) is 11.0 Å². The van der Waals surface area contributed by atoms with Crippen molar-refractivity contribution in [2.75, 3.05) is 20.2 Å².